The van der Waals surface area contributed by atoms with Crippen LogP contribution in [0.5, 0.6) is 5.75 Å². The predicted octanol–water partition coefficient (Wildman–Crippen LogP) is 1.12. The molecule has 1 aromatic carbocycles. The zero-order valence-electron chi connectivity index (χ0n) is 10.5. The van der Waals surface area contributed by atoms with E-state index < -0.39 is 0 Å². The van der Waals surface area contributed by atoms with Crippen molar-refractivity contribution >= 4 is 5.69 Å². The minimum atomic E-state index is 0.370. The quantitative estimate of drug-likeness (QED) is 0.580. The van der Waals surface area contributed by atoms with Crippen LogP contribution in [0.4, 0.5) is 5.69 Å². The van der Waals surface area contributed by atoms with Crippen LogP contribution < -0.4 is 10.2 Å². The Morgan fingerprint density at radius 1 is 1.17 bits per heavy atom. The normalized spacial score (nSPS) is 25.0. The van der Waals surface area contributed by atoms with E-state index in [1.54, 1.807) is 7.11 Å². The predicted molar refractivity (Wildman–Crippen MR) is 67.7 cm³/mol. The van der Waals surface area contributed by atoms with Gasteiger partial charge in [0, 0.05) is 18.8 Å². The van der Waals surface area contributed by atoms with Crippen LogP contribution in [0.1, 0.15) is 0 Å². The van der Waals surface area contributed by atoms with Crippen molar-refractivity contribution < 1.29 is 14.2 Å². The molecule has 0 saturated carbocycles. The fraction of sp³-hybridized carbons (Fsp3) is 0.538. The van der Waals surface area contributed by atoms with Crippen LogP contribution in [0.15, 0.2) is 24.3 Å². The lowest BCUT2D eigenvalue weighted by Gasteiger charge is -2.22. The van der Waals surface area contributed by atoms with Crippen LogP contribution >= 0.6 is 0 Å². The Morgan fingerprint density at radius 2 is 1.72 bits per heavy atom. The Bertz CT molecular complexity index is 374. The zero-order chi connectivity index (χ0) is 12.4. The Kier molecular flexibility index (Phi) is 3.36. The molecule has 0 aromatic heterocycles. The minimum Gasteiger partial charge on any atom is -0.497 e. The van der Waals surface area contributed by atoms with Gasteiger partial charge in [0.05, 0.1) is 32.5 Å². The maximum Gasteiger partial charge on any atom is 0.119 e. The van der Waals surface area contributed by atoms with E-state index in [1.807, 2.05) is 24.3 Å². The molecule has 5 heteroatoms. The molecular formula is C13H18N2O3. The molecule has 5 nitrogen and oxygen atoms in total. The van der Waals surface area contributed by atoms with Crippen molar-refractivity contribution in [3.05, 3.63) is 24.3 Å². The summed E-state index contributed by atoms with van der Waals surface area (Å²) in [6.45, 7) is 3.52. The SMILES string of the molecule is COc1ccc(NN(CC2CO2)CC2CO2)cc1. The highest BCUT2D eigenvalue weighted by atomic mass is 16.6. The second kappa shape index (κ2) is 5.14. The number of epoxide rings is 2. The van der Waals surface area contributed by atoms with Crippen molar-refractivity contribution in [2.75, 3.05) is 38.8 Å². The number of nitrogens with one attached hydrogen (secondary N) is 1. The summed E-state index contributed by atoms with van der Waals surface area (Å²) < 4.78 is 15.7. The number of anilines is 1. The molecule has 3 rings (SSSR count). The van der Waals surface area contributed by atoms with Gasteiger partial charge in [-0.25, -0.2) is 5.01 Å². The van der Waals surface area contributed by atoms with Crippen LogP contribution in [0.3, 0.4) is 0 Å². The number of hydrogen-bond acceptors (Lipinski definition) is 5. The van der Waals surface area contributed by atoms with E-state index >= 15 is 0 Å². The fourth-order valence-corrected chi connectivity index (χ4v) is 1.85. The van der Waals surface area contributed by atoms with Crippen LogP contribution in [-0.4, -0.2) is 50.6 Å². The van der Waals surface area contributed by atoms with Crippen LogP contribution in [0.2, 0.25) is 0 Å². The van der Waals surface area contributed by atoms with Crippen molar-refractivity contribution in [3.8, 4) is 5.75 Å². The van der Waals surface area contributed by atoms with Crippen LogP contribution in [0.25, 0.3) is 0 Å². The molecule has 0 spiro atoms. The van der Waals surface area contributed by atoms with Crippen molar-refractivity contribution in [2.45, 2.75) is 12.2 Å². The average Bonchev–Trinajstić information content (AvgIpc) is 3.26. The molecule has 2 saturated heterocycles. The van der Waals surface area contributed by atoms with Gasteiger partial charge in [-0.1, -0.05) is 0 Å². The van der Waals surface area contributed by atoms with Gasteiger partial charge in [-0.15, -0.1) is 0 Å². The molecule has 1 N–H and O–H groups in total. The van der Waals surface area contributed by atoms with Gasteiger partial charge in [-0.05, 0) is 24.3 Å². The van der Waals surface area contributed by atoms with E-state index in [9.17, 15) is 0 Å². The van der Waals surface area contributed by atoms with E-state index in [0.29, 0.717) is 12.2 Å². The van der Waals surface area contributed by atoms with Crippen LogP contribution in [0, 0.1) is 0 Å². The Balaban J connectivity index is 1.58. The minimum absolute atomic E-state index is 0.370. The number of nitrogens with zero attached hydrogens (tertiary/aromatic N) is 1. The van der Waals surface area contributed by atoms with E-state index in [0.717, 1.165) is 37.7 Å². The molecular weight excluding hydrogens is 232 g/mol. The third kappa shape index (κ3) is 3.35. The number of hydrogen-bond donors (Lipinski definition) is 1. The number of methoxy groups -OCH3 is 1. The summed E-state index contributed by atoms with van der Waals surface area (Å²) in [5.74, 6) is 0.864. The maximum absolute atomic E-state index is 5.27. The summed E-state index contributed by atoms with van der Waals surface area (Å²) in [6, 6.07) is 7.91. The van der Waals surface area contributed by atoms with Crippen LogP contribution in [-0.2, 0) is 9.47 Å². The number of ether oxygens (including phenoxy) is 3. The second-order valence-corrected chi connectivity index (χ2v) is 4.66. The van der Waals surface area contributed by atoms with Crippen molar-refractivity contribution in [2.24, 2.45) is 0 Å². The summed E-state index contributed by atoms with van der Waals surface area (Å²) >= 11 is 0. The first-order chi connectivity index (χ1) is 8.83. The second-order valence-electron chi connectivity index (χ2n) is 4.66. The molecule has 2 atom stereocenters. The van der Waals surface area contributed by atoms with E-state index in [-0.39, 0.29) is 0 Å². The Morgan fingerprint density at radius 3 is 2.17 bits per heavy atom. The summed E-state index contributed by atoms with van der Waals surface area (Å²) in [4.78, 5) is 0. The molecule has 2 heterocycles. The third-order valence-corrected chi connectivity index (χ3v) is 3.03. The van der Waals surface area contributed by atoms with Gasteiger partial charge in [0.25, 0.3) is 0 Å². The summed E-state index contributed by atoms with van der Waals surface area (Å²) in [5.41, 5.74) is 4.44. The van der Waals surface area contributed by atoms with E-state index in [1.165, 1.54) is 0 Å². The zero-order valence-corrected chi connectivity index (χ0v) is 10.5. The average molecular weight is 250 g/mol. The first-order valence-electron chi connectivity index (χ1n) is 6.22. The molecule has 98 valence electrons. The molecule has 2 aliphatic rings. The largest absolute Gasteiger partial charge is 0.497 e. The molecule has 18 heavy (non-hydrogen) atoms. The summed E-state index contributed by atoms with van der Waals surface area (Å²) in [5, 5.41) is 2.16. The fourth-order valence-electron chi connectivity index (χ4n) is 1.85. The van der Waals surface area contributed by atoms with Gasteiger partial charge < -0.3 is 19.6 Å². The van der Waals surface area contributed by atoms with Gasteiger partial charge in [0.15, 0.2) is 0 Å². The summed E-state index contributed by atoms with van der Waals surface area (Å²) in [6.07, 6.45) is 0.740. The smallest absolute Gasteiger partial charge is 0.119 e. The van der Waals surface area contributed by atoms with Crippen molar-refractivity contribution in [3.63, 3.8) is 0 Å². The number of benzene rings is 1. The monoisotopic (exact) mass is 250 g/mol. The van der Waals surface area contributed by atoms with E-state index in [2.05, 4.69) is 10.4 Å². The lowest BCUT2D eigenvalue weighted by Crippen LogP contribution is -2.36. The van der Waals surface area contributed by atoms with Gasteiger partial charge in [-0.2, -0.15) is 0 Å². The Labute approximate surface area is 107 Å². The molecule has 2 aliphatic heterocycles. The first-order valence-corrected chi connectivity index (χ1v) is 6.22. The first kappa shape index (κ1) is 11.8. The highest BCUT2D eigenvalue weighted by molar-refractivity contribution is 5.45. The molecule has 0 amide bonds. The maximum atomic E-state index is 5.27. The van der Waals surface area contributed by atoms with Crippen molar-refractivity contribution in [1.82, 2.24) is 5.01 Å². The molecule has 2 fully saturated rings. The summed E-state index contributed by atoms with van der Waals surface area (Å²) in [7, 11) is 1.67. The number of hydrazine groups is 1. The van der Waals surface area contributed by atoms with Crippen molar-refractivity contribution in [1.29, 1.82) is 0 Å². The van der Waals surface area contributed by atoms with Gasteiger partial charge in [0.1, 0.15) is 5.75 Å². The lowest BCUT2D eigenvalue weighted by atomic mass is 10.3. The number of rotatable bonds is 7. The Hall–Kier alpha value is -1.30. The highest BCUT2D eigenvalue weighted by Crippen LogP contribution is 2.19. The third-order valence-electron chi connectivity index (χ3n) is 3.03. The van der Waals surface area contributed by atoms with E-state index in [4.69, 9.17) is 14.2 Å². The molecule has 0 bridgehead atoms. The topological polar surface area (TPSA) is 49.6 Å². The highest BCUT2D eigenvalue weighted by Gasteiger charge is 2.30. The van der Waals surface area contributed by atoms with Gasteiger partial charge >= 0.3 is 0 Å². The molecule has 0 radical (unpaired) electrons. The molecule has 2 unspecified atom stereocenters. The molecule has 1 aromatic rings. The van der Waals surface area contributed by atoms with Gasteiger partial charge in [-0.3, -0.25) is 0 Å². The molecule has 0 aliphatic carbocycles. The lowest BCUT2D eigenvalue weighted by molar-refractivity contribution is 0.254. The van der Waals surface area contributed by atoms with Gasteiger partial charge in [0.2, 0.25) is 0 Å². The standard InChI is InChI=1S/C13H18N2O3/c1-16-11-4-2-10(3-5-11)14-15(6-12-8-17-12)7-13-9-18-13/h2-5,12-14H,6-9H2,1H3.